The molecule has 28 heavy (non-hydrogen) atoms. The molecule has 0 unspecified atom stereocenters. The lowest BCUT2D eigenvalue weighted by molar-refractivity contribution is -0.130. The van der Waals surface area contributed by atoms with Gasteiger partial charge >= 0.3 is 0 Å². The number of amides is 2. The Morgan fingerprint density at radius 1 is 1.07 bits per heavy atom. The molecule has 1 N–H and O–H groups in total. The predicted molar refractivity (Wildman–Crippen MR) is 109 cm³/mol. The SMILES string of the molecule is COc1ccc(CN(C)C(=O)CCCNC(=O)c2ccc(Cl)cc2)c(OC)c1. The maximum atomic E-state index is 12.4. The average Bonchev–Trinajstić information content (AvgIpc) is 2.71. The van der Waals surface area contributed by atoms with E-state index in [0.29, 0.717) is 48.0 Å². The highest BCUT2D eigenvalue weighted by Crippen LogP contribution is 2.25. The number of nitrogens with one attached hydrogen (secondary N) is 1. The Hall–Kier alpha value is -2.73. The third kappa shape index (κ3) is 6.16. The Kier molecular flexibility index (Phi) is 8.14. The second-order valence-electron chi connectivity index (χ2n) is 6.29. The van der Waals surface area contributed by atoms with E-state index >= 15 is 0 Å². The summed E-state index contributed by atoms with van der Waals surface area (Å²) in [7, 11) is 4.93. The van der Waals surface area contributed by atoms with Crippen LogP contribution in [0.3, 0.4) is 0 Å². The minimum absolute atomic E-state index is 0.00128. The van der Waals surface area contributed by atoms with Crippen LogP contribution >= 0.6 is 11.6 Å². The fourth-order valence-corrected chi connectivity index (χ4v) is 2.79. The van der Waals surface area contributed by atoms with Gasteiger partial charge in [0.2, 0.25) is 5.91 Å². The van der Waals surface area contributed by atoms with E-state index in [1.807, 2.05) is 12.1 Å². The number of rotatable bonds is 9. The molecule has 0 radical (unpaired) electrons. The van der Waals surface area contributed by atoms with Gasteiger partial charge in [-0.25, -0.2) is 0 Å². The molecule has 0 heterocycles. The molecule has 0 aliphatic rings. The molecule has 0 spiro atoms. The quantitative estimate of drug-likeness (QED) is 0.649. The lowest BCUT2D eigenvalue weighted by Gasteiger charge is -2.19. The molecule has 0 atom stereocenters. The molecule has 6 nitrogen and oxygen atoms in total. The smallest absolute Gasteiger partial charge is 0.251 e. The van der Waals surface area contributed by atoms with Crippen molar-refractivity contribution in [2.75, 3.05) is 27.8 Å². The van der Waals surface area contributed by atoms with Gasteiger partial charge in [0, 0.05) is 48.8 Å². The zero-order valence-corrected chi connectivity index (χ0v) is 17.1. The Balaban J connectivity index is 1.78. The molecule has 2 amide bonds. The van der Waals surface area contributed by atoms with Crippen LogP contribution in [0.15, 0.2) is 42.5 Å². The first kappa shape index (κ1) is 21.6. The number of methoxy groups -OCH3 is 2. The largest absolute Gasteiger partial charge is 0.497 e. The van der Waals surface area contributed by atoms with Crippen LogP contribution in [0.2, 0.25) is 5.02 Å². The summed E-state index contributed by atoms with van der Waals surface area (Å²) in [5, 5.41) is 3.39. The standard InChI is InChI=1S/C21H25ClN2O4/c1-24(14-16-8-11-18(27-2)13-19(16)28-3)20(25)5-4-12-23-21(26)15-6-9-17(22)10-7-15/h6-11,13H,4-5,12,14H2,1-3H3,(H,23,26). The molecule has 0 aromatic heterocycles. The van der Waals surface area contributed by atoms with Crippen LogP contribution in [0.1, 0.15) is 28.8 Å². The molecule has 0 saturated heterocycles. The fourth-order valence-electron chi connectivity index (χ4n) is 2.66. The van der Waals surface area contributed by atoms with Gasteiger partial charge in [-0.3, -0.25) is 9.59 Å². The van der Waals surface area contributed by atoms with E-state index in [4.69, 9.17) is 21.1 Å². The van der Waals surface area contributed by atoms with Crippen molar-refractivity contribution in [3.63, 3.8) is 0 Å². The molecule has 7 heteroatoms. The molecular weight excluding hydrogens is 380 g/mol. The number of hydrogen-bond acceptors (Lipinski definition) is 4. The maximum absolute atomic E-state index is 12.4. The summed E-state index contributed by atoms with van der Waals surface area (Å²) >= 11 is 5.81. The summed E-state index contributed by atoms with van der Waals surface area (Å²) in [5.41, 5.74) is 1.44. The van der Waals surface area contributed by atoms with Crippen LogP contribution in [0.25, 0.3) is 0 Å². The summed E-state index contributed by atoms with van der Waals surface area (Å²) in [6, 6.07) is 12.2. The van der Waals surface area contributed by atoms with Gasteiger partial charge in [-0.2, -0.15) is 0 Å². The zero-order valence-electron chi connectivity index (χ0n) is 16.3. The zero-order chi connectivity index (χ0) is 20.5. The Morgan fingerprint density at radius 3 is 2.43 bits per heavy atom. The van der Waals surface area contributed by atoms with Gasteiger partial charge in [0.1, 0.15) is 11.5 Å². The van der Waals surface area contributed by atoms with Crippen LogP contribution in [-0.4, -0.2) is 44.5 Å². The van der Waals surface area contributed by atoms with E-state index in [0.717, 1.165) is 5.56 Å². The highest BCUT2D eigenvalue weighted by Gasteiger charge is 2.13. The van der Waals surface area contributed by atoms with E-state index < -0.39 is 0 Å². The van der Waals surface area contributed by atoms with Gasteiger partial charge in [-0.05, 0) is 42.8 Å². The van der Waals surface area contributed by atoms with E-state index in [9.17, 15) is 9.59 Å². The average molecular weight is 405 g/mol. The predicted octanol–water partition coefficient (Wildman–Crippen LogP) is 3.53. The van der Waals surface area contributed by atoms with Crippen LogP contribution in [0.4, 0.5) is 0 Å². The minimum Gasteiger partial charge on any atom is -0.497 e. The van der Waals surface area contributed by atoms with E-state index in [1.165, 1.54) is 0 Å². The number of hydrogen-bond donors (Lipinski definition) is 1. The van der Waals surface area contributed by atoms with Crippen LogP contribution in [0.5, 0.6) is 11.5 Å². The van der Waals surface area contributed by atoms with E-state index in [-0.39, 0.29) is 11.8 Å². The fraction of sp³-hybridized carbons (Fsp3) is 0.333. The number of halogens is 1. The lowest BCUT2D eigenvalue weighted by Crippen LogP contribution is -2.29. The van der Waals surface area contributed by atoms with Crippen molar-refractivity contribution in [1.29, 1.82) is 0 Å². The molecule has 2 rings (SSSR count). The van der Waals surface area contributed by atoms with Gasteiger partial charge < -0.3 is 19.7 Å². The second kappa shape index (κ2) is 10.6. The molecule has 0 saturated carbocycles. The van der Waals surface area contributed by atoms with Crippen molar-refractivity contribution in [2.24, 2.45) is 0 Å². The van der Waals surface area contributed by atoms with Crippen LogP contribution in [-0.2, 0) is 11.3 Å². The number of carbonyl (C=O) groups is 2. The molecule has 0 bridgehead atoms. The summed E-state index contributed by atoms with van der Waals surface area (Å²) < 4.78 is 10.6. The van der Waals surface area contributed by atoms with Gasteiger partial charge in [0.05, 0.1) is 14.2 Å². The number of ether oxygens (including phenoxy) is 2. The van der Waals surface area contributed by atoms with Crippen LogP contribution in [0, 0.1) is 0 Å². The summed E-state index contributed by atoms with van der Waals surface area (Å²) in [4.78, 5) is 26.0. The van der Waals surface area contributed by atoms with E-state index in [2.05, 4.69) is 5.32 Å². The second-order valence-corrected chi connectivity index (χ2v) is 6.73. The van der Waals surface area contributed by atoms with E-state index in [1.54, 1.807) is 56.5 Å². The van der Waals surface area contributed by atoms with Gasteiger partial charge in [0.15, 0.2) is 0 Å². The molecule has 150 valence electrons. The normalized spacial score (nSPS) is 10.3. The first-order valence-corrected chi connectivity index (χ1v) is 9.31. The van der Waals surface area contributed by atoms with Gasteiger partial charge in [0.25, 0.3) is 5.91 Å². The number of carbonyl (C=O) groups excluding carboxylic acids is 2. The minimum atomic E-state index is -0.180. The first-order valence-electron chi connectivity index (χ1n) is 8.93. The van der Waals surface area contributed by atoms with Crippen molar-refractivity contribution in [3.05, 3.63) is 58.6 Å². The van der Waals surface area contributed by atoms with Crippen molar-refractivity contribution in [3.8, 4) is 11.5 Å². The van der Waals surface area contributed by atoms with Gasteiger partial charge in [-0.15, -0.1) is 0 Å². The number of benzene rings is 2. The Labute approximate surface area is 170 Å². The monoisotopic (exact) mass is 404 g/mol. The third-order valence-corrected chi connectivity index (χ3v) is 4.54. The van der Waals surface area contributed by atoms with Gasteiger partial charge in [-0.1, -0.05) is 11.6 Å². The third-order valence-electron chi connectivity index (χ3n) is 4.29. The van der Waals surface area contributed by atoms with Crippen molar-refractivity contribution in [1.82, 2.24) is 10.2 Å². The highest BCUT2D eigenvalue weighted by molar-refractivity contribution is 6.30. The van der Waals surface area contributed by atoms with Crippen LogP contribution < -0.4 is 14.8 Å². The lowest BCUT2D eigenvalue weighted by atomic mass is 10.1. The number of nitrogens with zero attached hydrogens (tertiary/aromatic N) is 1. The maximum Gasteiger partial charge on any atom is 0.251 e. The first-order chi connectivity index (χ1) is 13.4. The summed E-state index contributed by atoms with van der Waals surface area (Å²) in [6.45, 7) is 0.857. The molecule has 0 fully saturated rings. The molecular formula is C21H25ClN2O4. The van der Waals surface area contributed by atoms with Crippen molar-refractivity contribution in [2.45, 2.75) is 19.4 Å². The van der Waals surface area contributed by atoms with Crippen molar-refractivity contribution < 1.29 is 19.1 Å². The Morgan fingerprint density at radius 2 is 1.79 bits per heavy atom. The molecule has 2 aromatic rings. The van der Waals surface area contributed by atoms with Crippen molar-refractivity contribution >= 4 is 23.4 Å². The Bertz CT molecular complexity index is 809. The molecule has 2 aromatic carbocycles. The summed E-state index contributed by atoms with van der Waals surface area (Å²) in [5.74, 6) is 1.19. The highest BCUT2D eigenvalue weighted by atomic mass is 35.5. The molecule has 0 aliphatic heterocycles. The summed E-state index contributed by atoms with van der Waals surface area (Å²) in [6.07, 6.45) is 0.901. The molecule has 0 aliphatic carbocycles. The topological polar surface area (TPSA) is 67.9 Å².